The Labute approximate surface area is 116 Å². The van der Waals surface area contributed by atoms with E-state index in [-0.39, 0.29) is 17.3 Å². The van der Waals surface area contributed by atoms with Gasteiger partial charge in [0.1, 0.15) is 0 Å². The van der Waals surface area contributed by atoms with Crippen molar-refractivity contribution in [1.82, 2.24) is 5.32 Å². The maximum atomic E-state index is 11.2. The van der Waals surface area contributed by atoms with Crippen LogP contribution in [-0.4, -0.2) is 43.4 Å². The summed E-state index contributed by atoms with van der Waals surface area (Å²) in [6.45, 7) is 1.27. The van der Waals surface area contributed by atoms with Crippen molar-refractivity contribution in [1.29, 1.82) is 0 Å². The number of amides is 1. The predicted octanol–water partition coefficient (Wildman–Crippen LogP) is 0.902. The van der Waals surface area contributed by atoms with Crippen molar-refractivity contribution in [2.75, 3.05) is 30.8 Å². The minimum absolute atomic E-state index is 0.0321. The highest BCUT2D eigenvalue weighted by Gasteiger charge is 2.26. The van der Waals surface area contributed by atoms with Crippen LogP contribution in [0.2, 0.25) is 0 Å². The molecule has 20 heavy (non-hydrogen) atoms. The van der Waals surface area contributed by atoms with Crippen LogP contribution in [0.15, 0.2) is 18.2 Å². The Bertz CT molecular complexity index is 532. The molecule has 0 aromatic heterocycles. The zero-order valence-electron chi connectivity index (χ0n) is 11.1. The van der Waals surface area contributed by atoms with Gasteiger partial charge in [-0.1, -0.05) is 6.07 Å². The molecule has 108 valence electrons. The standard InChI is InChI=1S/C13H17N3O4/c1-20-13(19)15-8-5-6-16(7-8)10-4-2-3-9(11(10)14)12(17)18/h2-4,8H,5-7,14H2,1H3,(H,15,19)(H,17,18). The summed E-state index contributed by atoms with van der Waals surface area (Å²) in [6.07, 6.45) is 0.287. The van der Waals surface area contributed by atoms with E-state index in [4.69, 9.17) is 10.8 Å². The van der Waals surface area contributed by atoms with Crippen molar-refractivity contribution < 1.29 is 19.4 Å². The van der Waals surface area contributed by atoms with Gasteiger partial charge in [-0.05, 0) is 18.6 Å². The molecule has 0 saturated carbocycles. The number of para-hydroxylation sites is 1. The van der Waals surface area contributed by atoms with Crippen molar-refractivity contribution in [3.63, 3.8) is 0 Å². The summed E-state index contributed by atoms with van der Waals surface area (Å²) in [5.74, 6) is -1.05. The Morgan fingerprint density at radius 2 is 2.25 bits per heavy atom. The molecule has 1 fully saturated rings. The van der Waals surface area contributed by atoms with Gasteiger partial charge in [-0.15, -0.1) is 0 Å². The predicted molar refractivity (Wildman–Crippen MR) is 74.0 cm³/mol. The molecular formula is C13H17N3O4. The zero-order chi connectivity index (χ0) is 14.7. The highest BCUT2D eigenvalue weighted by molar-refractivity contribution is 5.97. The number of benzene rings is 1. The third-order valence-electron chi connectivity index (χ3n) is 3.35. The molecule has 1 saturated heterocycles. The van der Waals surface area contributed by atoms with Gasteiger partial charge in [-0.2, -0.15) is 0 Å². The molecule has 0 aliphatic carbocycles. The second-order valence-corrected chi connectivity index (χ2v) is 4.61. The van der Waals surface area contributed by atoms with Crippen molar-refractivity contribution in [2.24, 2.45) is 0 Å². The number of hydrogen-bond donors (Lipinski definition) is 3. The molecule has 1 amide bonds. The smallest absolute Gasteiger partial charge is 0.407 e. The van der Waals surface area contributed by atoms with Crippen molar-refractivity contribution in [3.8, 4) is 0 Å². The number of hydrogen-bond acceptors (Lipinski definition) is 5. The summed E-state index contributed by atoms with van der Waals surface area (Å²) in [6, 6.07) is 4.88. The number of alkyl carbamates (subject to hydrolysis) is 1. The molecular weight excluding hydrogens is 262 g/mol. The Morgan fingerprint density at radius 1 is 1.50 bits per heavy atom. The number of carbonyl (C=O) groups excluding carboxylic acids is 1. The second-order valence-electron chi connectivity index (χ2n) is 4.61. The zero-order valence-corrected chi connectivity index (χ0v) is 11.1. The van der Waals surface area contributed by atoms with E-state index in [0.717, 1.165) is 6.42 Å². The molecule has 4 N–H and O–H groups in total. The number of anilines is 2. The number of rotatable bonds is 3. The summed E-state index contributed by atoms with van der Waals surface area (Å²) in [7, 11) is 1.32. The molecule has 2 rings (SSSR count). The first-order valence-corrected chi connectivity index (χ1v) is 6.24. The molecule has 1 aromatic rings. The quantitative estimate of drug-likeness (QED) is 0.710. The number of aromatic carboxylic acids is 1. The monoisotopic (exact) mass is 279 g/mol. The van der Waals surface area contributed by atoms with Crippen LogP contribution in [-0.2, 0) is 4.74 Å². The van der Waals surface area contributed by atoms with Gasteiger partial charge >= 0.3 is 12.1 Å². The molecule has 7 heteroatoms. The van der Waals surface area contributed by atoms with Gasteiger partial charge in [0.15, 0.2) is 0 Å². The topological polar surface area (TPSA) is 105 Å². The number of nitrogen functional groups attached to an aromatic ring is 1. The van der Waals surface area contributed by atoms with Crippen molar-refractivity contribution in [3.05, 3.63) is 23.8 Å². The SMILES string of the molecule is COC(=O)NC1CCN(c2cccc(C(=O)O)c2N)C1. The number of nitrogens with two attached hydrogens (primary N) is 1. The van der Waals surface area contributed by atoms with Crippen LogP contribution in [0.3, 0.4) is 0 Å². The van der Waals surface area contributed by atoms with E-state index in [2.05, 4.69) is 10.1 Å². The van der Waals surface area contributed by atoms with E-state index >= 15 is 0 Å². The summed E-state index contributed by atoms with van der Waals surface area (Å²) >= 11 is 0. The average Bonchev–Trinajstić information content (AvgIpc) is 2.86. The van der Waals surface area contributed by atoms with Crippen LogP contribution >= 0.6 is 0 Å². The largest absolute Gasteiger partial charge is 0.478 e. The Morgan fingerprint density at radius 3 is 2.90 bits per heavy atom. The van der Waals surface area contributed by atoms with Crippen LogP contribution in [0, 0.1) is 0 Å². The van der Waals surface area contributed by atoms with Gasteiger partial charge < -0.3 is 25.8 Å². The molecule has 1 unspecified atom stereocenters. The lowest BCUT2D eigenvalue weighted by Gasteiger charge is -2.21. The van der Waals surface area contributed by atoms with E-state index in [1.807, 2.05) is 4.90 Å². The summed E-state index contributed by atoms with van der Waals surface area (Å²) in [5.41, 5.74) is 6.92. The van der Waals surface area contributed by atoms with Crippen LogP contribution < -0.4 is 16.0 Å². The fourth-order valence-electron chi connectivity index (χ4n) is 2.34. The normalized spacial score (nSPS) is 17.9. The first-order valence-electron chi connectivity index (χ1n) is 6.24. The van der Waals surface area contributed by atoms with E-state index in [9.17, 15) is 9.59 Å². The number of carbonyl (C=O) groups is 2. The highest BCUT2D eigenvalue weighted by Crippen LogP contribution is 2.29. The van der Waals surface area contributed by atoms with Gasteiger partial charge in [0.05, 0.1) is 30.1 Å². The molecule has 0 spiro atoms. The van der Waals surface area contributed by atoms with E-state index in [0.29, 0.717) is 18.8 Å². The van der Waals surface area contributed by atoms with Crippen LogP contribution in [0.4, 0.5) is 16.2 Å². The third-order valence-corrected chi connectivity index (χ3v) is 3.35. The number of carboxylic acids is 1. The highest BCUT2D eigenvalue weighted by atomic mass is 16.5. The molecule has 1 atom stereocenters. The Kier molecular flexibility index (Phi) is 3.97. The van der Waals surface area contributed by atoms with Gasteiger partial charge in [0.2, 0.25) is 0 Å². The maximum absolute atomic E-state index is 11.2. The van der Waals surface area contributed by atoms with Crippen LogP contribution in [0.5, 0.6) is 0 Å². The Balaban J connectivity index is 2.12. The van der Waals surface area contributed by atoms with Gasteiger partial charge in [0.25, 0.3) is 0 Å². The fraction of sp³-hybridized carbons (Fsp3) is 0.385. The van der Waals surface area contributed by atoms with Gasteiger partial charge in [-0.25, -0.2) is 9.59 Å². The minimum atomic E-state index is -1.05. The molecule has 0 bridgehead atoms. The lowest BCUT2D eigenvalue weighted by Crippen LogP contribution is -2.37. The molecule has 1 aliphatic rings. The van der Waals surface area contributed by atoms with E-state index in [1.54, 1.807) is 12.1 Å². The summed E-state index contributed by atoms with van der Waals surface area (Å²) in [5, 5.41) is 11.8. The van der Waals surface area contributed by atoms with Crippen molar-refractivity contribution in [2.45, 2.75) is 12.5 Å². The van der Waals surface area contributed by atoms with Gasteiger partial charge in [0, 0.05) is 13.1 Å². The lowest BCUT2D eigenvalue weighted by molar-refractivity contribution is 0.0698. The maximum Gasteiger partial charge on any atom is 0.407 e. The average molecular weight is 279 g/mol. The molecule has 1 aliphatic heterocycles. The fourth-order valence-corrected chi connectivity index (χ4v) is 2.34. The first kappa shape index (κ1) is 14.0. The first-order chi connectivity index (χ1) is 9.52. The summed E-state index contributed by atoms with van der Waals surface area (Å²) in [4.78, 5) is 24.2. The molecule has 7 nitrogen and oxygen atoms in total. The number of nitrogens with one attached hydrogen (secondary N) is 1. The second kappa shape index (κ2) is 5.68. The number of carboxylic acid groups (broad SMARTS) is 1. The summed E-state index contributed by atoms with van der Waals surface area (Å²) < 4.78 is 4.56. The van der Waals surface area contributed by atoms with Crippen LogP contribution in [0.1, 0.15) is 16.8 Å². The van der Waals surface area contributed by atoms with Crippen LogP contribution in [0.25, 0.3) is 0 Å². The molecule has 1 heterocycles. The molecule has 0 radical (unpaired) electrons. The van der Waals surface area contributed by atoms with Crippen molar-refractivity contribution >= 4 is 23.4 Å². The van der Waals surface area contributed by atoms with E-state index in [1.165, 1.54) is 13.2 Å². The number of ether oxygens (including phenoxy) is 1. The van der Waals surface area contributed by atoms with Gasteiger partial charge in [-0.3, -0.25) is 0 Å². The number of methoxy groups -OCH3 is 1. The van der Waals surface area contributed by atoms with E-state index < -0.39 is 12.1 Å². The number of nitrogens with zero attached hydrogens (tertiary/aromatic N) is 1. The molecule has 1 aromatic carbocycles. The third kappa shape index (κ3) is 2.76. The lowest BCUT2D eigenvalue weighted by atomic mass is 10.1. The Hall–Kier alpha value is -2.44. The minimum Gasteiger partial charge on any atom is -0.478 e.